The van der Waals surface area contributed by atoms with E-state index in [1.165, 1.54) is 0 Å². The molecular weight excluding hydrogens is 262 g/mol. The molecule has 19 heavy (non-hydrogen) atoms. The highest BCUT2D eigenvalue weighted by Crippen LogP contribution is 2.25. The first kappa shape index (κ1) is 12.5. The number of aromatic nitrogens is 1. The van der Waals surface area contributed by atoms with Crippen LogP contribution in [0, 0.1) is 6.92 Å². The maximum absolute atomic E-state index is 12.0. The molecule has 0 aliphatic carbocycles. The number of hydrogen-bond acceptors (Lipinski definition) is 5. The van der Waals surface area contributed by atoms with Crippen LogP contribution < -0.4 is 10.6 Å². The van der Waals surface area contributed by atoms with Crippen LogP contribution in [0.1, 0.15) is 11.4 Å². The minimum atomic E-state index is -0.428. The number of aliphatic hydroxyl groups is 1. The van der Waals surface area contributed by atoms with E-state index >= 15 is 0 Å². The number of benzene rings is 1. The number of nitrogens with zero attached hydrogens (tertiary/aromatic N) is 1. The molecule has 0 radical (unpaired) electrons. The van der Waals surface area contributed by atoms with Crippen LogP contribution in [-0.4, -0.2) is 34.7 Å². The van der Waals surface area contributed by atoms with Crippen LogP contribution in [0.4, 0.5) is 5.69 Å². The Labute approximate surface area is 114 Å². The first-order chi connectivity index (χ1) is 9.11. The highest BCUT2D eigenvalue weighted by atomic mass is 32.1. The van der Waals surface area contributed by atoms with Crippen LogP contribution in [-0.2, 0) is 4.79 Å². The molecule has 0 spiro atoms. The summed E-state index contributed by atoms with van der Waals surface area (Å²) in [7, 11) is 0. The number of amides is 1. The third-order valence-electron chi connectivity index (χ3n) is 3.19. The fraction of sp³-hybridized carbons (Fsp3) is 0.385. The van der Waals surface area contributed by atoms with E-state index in [4.69, 9.17) is 0 Å². The van der Waals surface area contributed by atoms with Gasteiger partial charge < -0.3 is 15.7 Å². The molecule has 2 atom stereocenters. The third-order valence-corrected chi connectivity index (χ3v) is 4.12. The van der Waals surface area contributed by atoms with Crippen molar-refractivity contribution in [3.63, 3.8) is 0 Å². The molecular formula is C13H15N3O2S. The molecule has 1 aliphatic rings. The van der Waals surface area contributed by atoms with Crippen molar-refractivity contribution in [2.45, 2.75) is 25.5 Å². The van der Waals surface area contributed by atoms with Crippen molar-refractivity contribution >= 4 is 33.1 Å². The van der Waals surface area contributed by atoms with Crippen LogP contribution in [0.2, 0.25) is 0 Å². The molecule has 1 amide bonds. The number of aliphatic hydroxyl groups excluding tert-OH is 1. The third kappa shape index (κ3) is 2.60. The maximum atomic E-state index is 12.0. The molecule has 2 aromatic rings. The van der Waals surface area contributed by atoms with Crippen molar-refractivity contribution in [1.29, 1.82) is 0 Å². The van der Waals surface area contributed by atoms with E-state index < -0.39 is 6.10 Å². The minimum absolute atomic E-state index is 0.0999. The van der Waals surface area contributed by atoms with Crippen molar-refractivity contribution in [3.05, 3.63) is 23.2 Å². The molecule has 3 N–H and O–H groups in total. The summed E-state index contributed by atoms with van der Waals surface area (Å²) in [5.74, 6) is -0.0999. The summed E-state index contributed by atoms with van der Waals surface area (Å²) in [4.78, 5) is 16.4. The number of hydrogen-bond donors (Lipinski definition) is 3. The van der Waals surface area contributed by atoms with Gasteiger partial charge in [0.15, 0.2) is 0 Å². The number of carbonyl (C=O) groups is 1. The summed E-state index contributed by atoms with van der Waals surface area (Å²) >= 11 is 1.61. The van der Waals surface area contributed by atoms with E-state index in [-0.39, 0.29) is 11.9 Å². The van der Waals surface area contributed by atoms with Crippen LogP contribution in [0.3, 0.4) is 0 Å². The first-order valence-electron chi connectivity index (χ1n) is 6.21. The van der Waals surface area contributed by atoms with Gasteiger partial charge in [-0.05, 0) is 31.5 Å². The van der Waals surface area contributed by atoms with Crippen LogP contribution in [0.15, 0.2) is 18.2 Å². The molecule has 0 saturated carbocycles. The van der Waals surface area contributed by atoms with Crippen LogP contribution >= 0.6 is 11.3 Å². The van der Waals surface area contributed by atoms with E-state index in [0.717, 1.165) is 20.9 Å². The van der Waals surface area contributed by atoms with Crippen LogP contribution in [0.25, 0.3) is 10.2 Å². The number of fused-ring (bicyclic) bond motifs is 1. The predicted octanol–water partition coefficient (Wildman–Crippen LogP) is 1.27. The van der Waals surface area contributed by atoms with Crippen molar-refractivity contribution in [2.24, 2.45) is 0 Å². The zero-order chi connectivity index (χ0) is 13.4. The molecule has 6 heteroatoms. The average Bonchev–Trinajstić information content (AvgIpc) is 2.93. The Morgan fingerprint density at radius 2 is 2.42 bits per heavy atom. The fourth-order valence-corrected chi connectivity index (χ4v) is 3.13. The van der Waals surface area contributed by atoms with Gasteiger partial charge in [0, 0.05) is 12.2 Å². The van der Waals surface area contributed by atoms with Crippen LogP contribution in [0.5, 0.6) is 0 Å². The topological polar surface area (TPSA) is 74.2 Å². The lowest BCUT2D eigenvalue weighted by Gasteiger charge is -2.10. The van der Waals surface area contributed by atoms with Gasteiger partial charge in [-0.1, -0.05) is 0 Å². The lowest BCUT2D eigenvalue weighted by Crippen LogP contribution is -2.35. The van der Waals surface area contributed by atoms with Gasteiger partial charge in [0.05, 0.1) is 27.4 Å². The van der Waals surface area contributed by atoms with E-state index in [1.807, 2.05) is 25.1 Å². The van der Waals surface area contributed by atoms with Gasteiger partial charge in [0.25, 0.3) is 0 Å². The predicted molar refractivity (Wildman–Crippen MR) is 75.4 cm³/mol. The molecule has 0 bridgehead atoms. The second-order valence-electron chi connectivity index (χ2n) is 4.75. The molecule has 2 heterocycles. The Morgan fingerprint density at radius 3 is 3.16 bits per heavy atom. The number of β-amino-alcohol motifs (C(OH)–C–C–N with tert-alkyl or cyclic N) is 1. The number of rotatable bonds is 2. The van der Waals surface area contributed by atoms with Gasteiger partial charge in [-0.2, -0.15) is 0 Å². The fourth-order valence-electron chi connectivity index (χ4n) is 2.26. The lowest BCUT2D eigenvalue weighted by molar-refractivity contribution is -0.117. The summed E-state index contributed by atoms with van der Waals surface area (Å²) < 4.78 is 1.06. The number of thiazole rings is 1. The second kappa shape index (κ2) is 4.88. The van der Waals surface area contributed by atoms with E-state index in [9.17, 15) is 9.90 Å². The molecule has 1 saturated heterocycles. The zero-order valence-corrected chi connectivity index (χ0v) is 11.3. The molecule has 1 aliphatic heterocycles. The van der Waals surface area contributed by atoms with E-state index in [1.54, 1.807) is 11.3 Å². The Balaban J connectivity index is 1.75. The lowest BCUT2D eigenvalue weighted by atomic mass is 10.2. The van der Waals surface area contributed by atoms with Gasteiger partial charge in [-0.15, -0.1) is 11.3 Å². The Kier molecular flexibility index (Phi) is 3.22. The zero-order valence-electron chi connectivity index (χ0n) is 10.5. The number of carbonyl (C=O) groups excluding carboxylic acids is 1. The number of nitrogens with one attached hydrogen (secondary N) is 2. The molecule has 1 aromatic heterocycles. The Hall–Kier alpha value is -1.50. The van der Waals surface area contributed by atoms with E-state index in [2.05, 4.69) is 15.6 Å². The van der Waals surface area contributed by atoms with Gasteiger partial charge in [0.2, 0.25) is 5.91 Å². The minimum Gasteiger partial charge on any atom is -0.392 e. The van der Waals surface area contributed by atoms with Crippen molar-refractivity contribution in [2.75, 3.05) is 11.9 Å². The standard InChI is InChI=1S/C13H15N3O2S/c1-7-15-10-3-2-8(4-12(10)19-7)16-13(18)11-5-9(17)6-14-11/h2-4,9,11,14,17H,5-6H2,1H3,(H,16,18). The van der Waals surface area contributed by atoms with Crippen molar-refractivity contribution in [1.82, 2.24) is 10.3 Å². The first-order valence-corrected chi connectivity index (χ1v) is 7.03. The SMILES string of the molecule is Cc1nc2ccc(NC(=O)C3CC(O)CN3)cc2s1. The summed E-state index contributed by atoms with van der Waals surface area (Å²) in [6.45, 7) is 2.44. The highest BCUT2D eigenvalue weighted by Gasteiger charge is 2.27. The molecule has 2 unspecified atom stereocenters. The highest BCUT2D eigenvalue weighted by molar-refractivity contribution is 7.18. The van der Waals surface area contributed by atoms with Crippen molar-refractivity contribution < 1.29 is 9.90 Å². The second-order valence-corrected chi connectivity index (χ2v) is 5.99. The van der Waals surface area contributed by atoms with Gasteiger partial charge in [-0.25, -0.2) is 4.98 Å². The van der Waals surface area contributed by atoms with Gasteiger partial charge in [-0.3, -0.25) is 4.79 Å². The number of anilines is 1. The smallest absolute Gasteiger partial charge is 0.241 e. The molecule has 1 fully saturated rings. The molecule has 5 nitrogen and oxygen atoms in total. The largest absolute Gasteiger partial charge is 0.392 e. The summed E-state index contributed by atoms with van der Waals surface area (Å²) in [6, 6.07) is 5.38. The normalized spacial score (nSPS) is 22.8. The molecule has 3 rings (SSSR count). The van der Waals surface area contributed by atoms with Gasteiger partial charge >= 0.3 is 0 Å². The number of aryl methyl sites for hydroxylation is 1. The van der Waals surface area contributed by atoms with Crippen molar-refractivity contribution in [3.8, 4) is 0 Å². The summed E-state index contributed by atoms with van der Waals surface area (Å²) in [6.07, 6.45) is 0.0377. The average molecular weight is 277 g/mol. The summed E-state index contributed by atoms with van der Waals surface area (Å²) in [5, 5.41) is 16.3. The summed E-state index contributed by atoms with van der Waals surface area (Å²) in [5.41, 5.74) is 1.72. The maximum Gasteiger partial charge on any atom is 0.241 e. The quantitative estimate of drug-likeness (QED) is 0.773. The Morgan fingerprint density at radius 1 is 1.58 bits per heavy atom. The Bertz CT molecular complexity index is 625. The molecule has 100 valence electrons. The van der Waals surface area contributed by atoms with E-state index in [0.29, 0.717) is 13.0 Å². The monoisotopic (exact) mass is 277 g/mol. The molecule has 1 aromatic carbocycles. The van der Waals surface area contributed by atoms with Gasteiger partial charge in [0.1, 0.15) is 0 Å².